The first-order chi connectivity index (χ1) is 3.50. The average molecular weight is 94.1 g/mol. The van der Waals surface area contributed by atoms with Gasteiger partial charge in [0, 0.05) is 18.6 Å². The van der Waals surface area contributed by atoms with Gasteiger partial charge >= 0.3 is 0 Å². The monoisotopic (exact) mass is 94.1 g/mol. The molecule has 1 heterocycles. The quantitative estimate of drug-likeness (QED) is 0.421. The van der Waals surface area contributed by atoms with Crippen molar-refractivity contribution < 1.29 is 0 Å². The van der Waals surface area contributed by atoms with E-state index in [1.807, 2.05) is 6.08 Å². The molecular weight excluding hydrogens is 88.1 g/mol. The molecule has 0 saturated carbocycles. The summed E-state index contributed by atoms with van der Waals surface area (Å²) >= 11 is 0. The van der Waals surface area contributed by atoms with Crippen molar-refractivity contribution in [2.45, 2.75) is 0 Å². The lowest BCUT2D eigenvalue weighted by molar-refractivity contribution is 1.26. The molecule has 0 saturated heterocycles. The fourth-order valence-electron chi connectivity index (χ4n) is 0.365. The molecule has 0 bridgehead atoms. The lowest BCUT2D eigenvalue weighted by atomic mass is 10.6. The third-order valence-corrected chi connectivity index (χ3v) is 0.660. The van der Waals surface area contributed by atoms with E-state index in [-0.39, 0.29) is 0 Å². The van der Waals surface area contributed by atoms with Crippen molar-refractivity contribution in [3.8, 4) is 0 Å². The van der Waals surface area contributed by atoms with Gasteiger partial charge in [-0.2, -0.15) is 0 Å². The van der Waals surface area contributed by atoms with Gasteiger partial charge < -0.3 is 0 Å². The maximum absolute atomic E-state index is 3.91. The molecule has 2 heteroatoms. The van der Waals surface area contributed by atoms with Crippen LogP contribution in [-0.2, 0) is 0 Å². The second-order valence-electron chi connectivity index (χ2n) is 1.20. The van der Waals surface area contributed by atoms with Crippen molar-refractivity contribution in [3.05, 3.63) is 12.3 Å². The summed E-state index contributed by atoms with van der Waals surface area (Å²) in [5, 5.41) is 0. The molecule has 0 unspecified atom stereocenters. The Bertz CT molecular complexity index is 108. The fourth-order valence-corrected chi connectivity index (χ4v) is 0.365. The summed E-state index contributed by atoms with van der Waals surface area (Å²) in [5.41, 5.74) is 0. The minimum Gasteiger partial charge on any atom is -0.287 e. The molecule has 0 radical (unpaired) electrons. The van der Waals surface area contributed by atoms with Gasteiger partial charge in [-0.25, -0.2) is 0 Å². The smallest absolute Gasteiger partial charge is 0.0588 e. The molecule has 1 rings (SSSR count). The molecule has 0 N–H and O–H groups in total. The third-order valence-electron chi connectivity index (χ3n) is 0.660. The van der Waals surface area contributed by atoms with E-state index in [1.165, 1.54) is 0 Å². The second kappa shape index (κ2) is 2.29. The predicted octanol–water partition coefficient (Wildman–Crippen LogP) is 0.655. The van der Waals surface area contributed by atoms with E-state index in [2.05, 4.69) is 9.98 Å². The summed E-state index contributed by atoms with van der Waals surface area (Å²) in [6.45, 7) is 0.764. The lowest BCUT2D eigenvalue weighted by Crippen LogP contribution is -1.71. The van der Waals surface area contributed by atoms with E-state index < -0.39 is 0 Å². The zero-order chi connectivity index (χ0) is 4.95. The standard InChI is InChI=1S/C5H6N2/c1-2-6-4-5-7-3-1/h1-2,4-5H,3H2. The van der Waals surface area contributed by atoms with Crippen molar-refractivity contribution in [2.24, 2.45) is 9.98 Å². The highest BCUT2D eigenvalue weighted by molar-refractivity contribution is 6.16. The normalized spacial score (nSPS) is 17.1. The first-order valence-electron chi connectivity index (χ1n) is 2.17. The largest absolute Gasteiger partial charge is 0.287 e. The number of rotatable bonds is 0. The molecule has 0 spiro atoms. The highest BCUT2D eigenvalue weighted by Gasteiger charge is 1.71. The van der Waals surface area contributed by atoms with Gasteiger partial charge in [-0.05, 0) is 6.08 Å². The zero-order valence-electron chi connectivity index (χ0n) is 3.91. The van der Waals surface area contributed by atoms with E-state index >= 15 is 0 Å². The highest BCUT2D eigenvalue weighted by Crippen LogP contribution is 1.78. The highest BCUT2D eigenvalue weighted by atomic mass is 14.8. The number of hydrogen-bond acceptors (Lipinski definition) is 2. The van der Waals surface area contributed by atoms with E-state index in [9.17, 15) is 0 Å². The van der Waals surface area contributed by atoms with E-state index in [4.69, 9.17) is 0 Å². The summed E-state index contributed by atoms with van der Waals surface area (Å²) in [6, 6.07) is 0. The van der Waals surface area contributed by atoms with Crippen molar-refractivity contribution in [2.75, 3.05) is 6.54 Å². The first-order valence-corrected chi connectivity index (χ1v) is 2.17. The summed E-state index contributed by atoms with van der Waals surface area (Å²) in [6.07, 6.45) is 7.01. The topological polar surface area (TPSA) is 24.7 Å². The van der Waals surface area contributed by atoms with Gasteiger partial charge in [0.25, 0.3) is 0 Å². The number of nitrogens with zero attached hydrogens (tertiary/aromatic N) is 2. The number of hydrogen-bond donors (Lipinski definition) is 0. The Hall–Kier alpha value is -0.920. The van der Waals surface area contributed by atoms with Gasteiger partial charge in [0.05, 0.1) is 6.54 Å². The molecule has 7 heavy (non-hydrogen) atoms. The average Bonchev–Trinajstić information content (AvgIpc) is 1.90. The molecule has 36 valence electrons. The van der Waals surface area contributed by atoms with Crippen molar-refractivity contribution >= 4 is 12.4 Å². The van der Waals surface area contributed by atoms with Gasteiger partial charge in [0.2, 0.25) is 0 Å². The molecule has 0 aromatic carbocycles. The Morgan fingerprint density at radius 1 is 1.29 bits per heavy atom. The molecule has 0 atom stereocenters. The van der Waals surface area contributed by atoms with Crippen LogP contribution in [0.3, 0.4) is 0 Å². The Morgan fingerprint density at radius 2 is 2.29 bits per heavy atom. The van der Waals surface area contributed by atoms with Crippen molar-refractivity contribution in [1.29, 1.82) is 0 Å². The third kappa shape index (κ3) is 1.30. The SMILES string of the molecule is C1=CN=CC=NC1. The van der Waals surface area contributed by atoms with E-state index in [0.29, 0.717) is 0 Å². The van der Waals surface area contributed by atoms with Crippen molar-refractivity contribution in [1.82, 2.24) is 0 Å². The lowest BCUT2D eigenvalue weighted by Gasteiger charge is -1.70. The molecule has 0 aromatic heterocycles. The summed E-state index contributed by atoms with van der Waals surface area (Å²) in [7, 11) is 0. The molecule has 0 aliphatic carbocycles. The minimum absolute atomic E-state index is 0.764. The van der Waals surface area contributed by atoms with E-state index in [1.54, 1.807) is 18.6 Å². The molecule has 2 nitrogen and oxygen atoms in total. The maximum atomic E-state index is 3.91. The first kappa shape index (κ1) is 4.24. The van der Waals surface area contributed by atoms with Gasteiger partial charge in [0.15, 0.2) is 0 Å². The van der Waals surface area contributed by atoms with Crippen LogP contribution in [0.1, 0.15) is 0 Å². The van der Waals surface area contributed by atoms with Gasteiger partial charge in [-0.15, -0.1) is 0 Å². The van der Waals surface area contributed by atoms with Crippen LogP contribution < -0.4 is 0 Å². The molecule has 0 fully saturated rings. The van der Waals surface area contributed by atoms with Crippen LogP contribution in [0.15, 0.2) is 22.3 Å². The molecule has 0 aromatic rings. The van der Waals surface area contributed by atoms with E-state index in [0.717, 1.165) is 6.54 Å². The fraction of sp³-hybridized carbons (Fsp3) is 0.200. The zero-order valence-corrected chi connectivity index (χ0v) is 3.91. The van der Waals surface area contributed by atoms with Crippen LogP contribution in [0.4, 0.5) is 0 Å². The van der Waals surface area contributed by atoms with Crippen LogP contribution in [-0.4, -0.2) is 19.0 Å². The summed E-state index contributed by atoms with van der Waals surface area (Å²) in [5.74, 6) is 0. The van der Waals surface area contributed by atoms with Gasteiger partial charge in [-0.1, -0.05) is 0 Å². The molecule has 0 amide bonds. The Morgan fingerprint density at radius 3 is 3.29 bits per heavy atom. The van der Waals surface area contributed by atoms with Crippen LogP contribution in [0.25, 0.3) is 0 Å². The van der Waals surface area contributed by atoms with Crippen molar-refractivity contribution in [3.63, 3.8) is 0 Å². The molecule has 1 aliphatic rings. The summed E-state index contributed by atoms with van der Waals surface area (Å²) < 4.78 is 0. The van der Waals surface area contributed by atoms with Crippen LogP contribution in [0.5, 0.6) is 0 Å². The number of aliphatic imine (C=N–C) groups is 2. The van der Waals surface area contributed by atoms with Gasteiger partial charge in [0.1, 0.15) is 0 Å². The van der Waals surface area contributed by atoms with Crippen LogP contribution in [0.2, 0.25) is 0 Å². The molecule has 1 aliphatic heterocycles. The Balaban J connectivity index is 2.60. The Labute approximate surface area is 42.3 Å². The minimum atomic E-state index is 0.764. The predicted molar refractivity (Wildman–Crippen MR) is 31.0 cm³/mol. The van der Waals surface area contributed by atoms with Crippen LogP contribution in [0, 0.1) is 0 Å². The second-order valence-corrected chi connectivity index (χ2v) is 1.20. The van der Waals surface area contributed by atoms with Gasteiger partial charge in [-0.3, -0.25) is 9.98 Å². The Kier molecular flexibility index (Phi) is 1.39. The maximum Gasteiger partial charge on any atom is 0.0588 e. The molecular formula is C5H6N2. The summed E-state index contributed by atoms with van der Waals surface area (Å²) in [4.78, 5) is 7.73. The van der Waals surface area contributed by atoms with Crippen LogP contribution >= 0.6 is 0 Å².